The van der Waals surface area contributed by atoms with Crippen LogP contribution in [0.25, 0.3) is 0 Å². The molecule has 1 saturated heterocycles. The maximum Gasteiger partial charge on any atom is 0.229 e. The van der Waals surface area contributed by atoms with Crippen LogP contribution in [0.4, 0.5) is 0 Å². The molecular formula is C10H17NO. The third kappa shape index (κ3) is 0.572. The van der Waals surface area contributed by atoms with E-state index in [2.05, 4.69) is 20.8 Å². The molecule has 1 saturated carbocycles. The van der Waals surface area contributed by atoms with Crippen molar-refractivity contribution in [2.24, 2.45) is 10.8 Å². The van der Waals surface area contributed by atoms with Gasteiger partial charge in [-0.05, 0) is 18.3 Å². The molecule has 68 valence electrons. The molecule has 2 heteroatoms. The van der Waals surface area contributed by atoms with E-state index in [0.29, 0.717) is 11.9 Å². The van der Waals surface area contributed by atoms with Gasteiger partial charge in [0.05, 0.1) is 5.41 Å². The second-order valence-electron chi connectivity index (χ2n) is 5.02. The topological polar surface area (TPSA) is 20.3 Å². The summed E-state index contributed by atoms with van der Waals surface area (Å²) in [5, 5.41) is 0. The van der Waals surface area contributed by atoms with Crippen molar-refractivity contribution in [3.05, 3.63) is 0 Å². The number of fused-ring (bicyclic) bond motifs is 2. The number of nitrogens with zero attached hydrogens (tertiary/aromatic N) is 1. The van der Waals surface area contributed by atoms with Crippen molar-refractivity contribution < 1.29 is 4.79 Å². The van der Waals surface area contributed by atoms with Gasteiger partial charge in [0.2, 0.25) is 5.91 Å². The molecule has 0 N–H and O–H groups in total. The Morgan fingerprint density at radius 1 is 1.42 bits per heavy atom. The molecule has 2 rings (SSSR count). The fourth-order valence-corrected chi connectivity index (χ4v) is 3.07. The summed E-state index contributed by atoms with van der Waals surface area (Å²) in [6.07, 6.45) is 2.26. The minimum absolute atomic E-state index is 0.0770. The number of amides is 1. The molecule has 0 aromatic heterocycles. The zero-order valence-corrected chi connectivity index (χ0v) is 8.35. The van der Waals surface area contributed by atoms with E-state index in [4.69, 9.17) is 0 Å². The number of rotatable bonds is 0. The van der Waals surface area contributed by atoms with Gasteiger partial charge in [0.1, 0.15) is 0 Å². The SMILES string of the molecule is CN1C(=O)C2(C)CCC1C2(C)C. The summed E-state index contributed by atoms with van der Waals surface area (Å²) < 4.78 is 0. The van der Waals surface area contributed by atoms with E-state index in [0.717, 1.165) is 6.42 Å². The van der Waals surface area contributed by atoms with Gasteiger partial charge in [0.15, 0.2) is 0 Å². The summed E-state index contributed by atoms with van der Waals surface area (Å²) in [5.41, 5.74) is 0.102. The van der Waals surface area contributed by atoms with Crippen molar-refractivity contribution in [3.63, 3.8) is 0 Å². The van der Waals surface area contributed by atoms with Crippen molar-refractivity contribution >= 4 is 5.91 Å². The highest BCUT2D eigenvalue weighted by atomic mass is 16.2. The highest BCUT2D eigenvalue weighted by Gasteiger charge is 2.64. The number of carbonyl (C=O) groups excluding carboxylic acids is 1. The van der Waals surface area contributed by atoms with Gasteiger partial charge in [-0.25, -0.2) is 0 Å². The summed E-state index contributed by atoms with van der Waals surface area (Å²) in [6, 6.07) is 0.481. The number of piperidine rings is 1. The van der Waals surface area contributed by atoms with Crippen LogP contribution in [0.5, 0.6) is 0 Å². The van der Waals surface area contributed by atoms with Gasteiger partial charge in [-0.15, -0.1) is 0 Å². The van der Waals surface area contributed by atoms with Crippen LogP contribution in [-0.2, 0) is 4.79 Å². The van der Waals surface area contributed by atoms with Crippen LogP contribution >= 0.6 is 0 Å². The highest BCUT2D eigenvalue weighted by Crippen LogP contribution is 2.59. The third-order valence-electron chi connectivity index (χ3n) is 4.43. The van der Waals surface area contributed by atoms with Gasteiger partial charge in [0.25, 0.3) is 0 Å². The molecule has 2 bridgehead atoms. The molecule has 0 radical (unpaired) electrons. The summed E-state index contributed by atoms with van der Waals surface area (Å²) in [4.78, 5) is 13.8. The zero-order chi connectivity index (χ0) is 9.15. The maximum atomic E-state index is 11.8. The van der Waals surface area contributed by atoms with E-state index >= 15 is 0 Å². The molecule has 0 aromatic carbocycles. The summed E-state index contributed by atoms with van der Waals surface area (Å²) in [6.45, 7) is 6.58. The second-order valence-corrected chi connectivity index (χ2v) is 5.02. The van der Waals surface area contributed by atoms with Gasteiger partial charge in [0, 0.05) is 13.1 Å². The first-order valence-corrected chi connectivity index (χ1v) is 4.68. The molecule has 1 heterocycles. The summed E-state index contributed by atoms with van der Waals surface area (Å²) in [5.74, 6) is 0.351. The number of likely N-dealkylation sites (tertiary alicyclic amines) is 1. The largest absolute Gasteiger partial charge is 0.342 e. The average molecular weight is 167 g/mol. The quantitative estimate of drug-likeness (QED) is 0.537. The molecule has 12 heavy (non-hydrogen) atoms. The first kappa shape index (κ1) is 8.09. The van der Waals surface area contributed by atoms with Crippen LogP contribution in [0, 0.1) is 10.8 Å². The predicted molar refractivity (Wildman–Crippen MR) is 47.7 cm³/mol. The predicted octanol–water partition coefficient (Wildman–Crippen LogP) is 1.65. The lowest BCUT2D eigenvalue weighted by molar-refractivity contribution is -0.138. The Kier molecular flexibility index (Phi) is 1.25. The molecule has 1 aliphatic heterocycles. The van der Waals surface area contributed by atoms with Crippen molar-refractivity contribution in [1.29, 1.82) is 0 Å². The van der Waals surface area contributed by atoms with Crippen molar-refractivity contribution in [2.45, 2.75) is 39.7 Å². The third-order valence-corrected chi connectivity index (χ3v) is 4.43. The maximum absolute atomic E-state index is 11.8. The van der Waals surface area contributed by atoms with E-state index < -0.39 is 0 Å². The van der Waals surface area contributed by atoms with Crippen LogP contribution in [-0.4, -0.2) is 23.9 Å². The molecule has 2 aliphatic rings. The fourth-order valence-electron chi connectivity index (χ4n) is 3.07. The molecule has 2 unspecified atom stereocenters. The molecule has 2 fully saturated rings. The molecular weight excluding hydrogens is 150 g/mol. The summed E-state index contributed by atoms with van der Waals surface area (Å²) >= 11 is 0. The Bertz CT molecular complexity index is 246. The minimum atomic E-state index is -0.0770. The van der Waals surface area contributed by atoms with Crippen LogP contribution in [0.15, 0.2) is 0 Å². The molecule has 1 amide bonds. The zero-order valence-electron chi connectivity index (χ0n) is 8.35. The minimum Gasteiger partial charge on any atom is -0.342 e. The lowest BCUT2D eigenvalue weighted by Gasteiger charge is -2.30. The standard InChI is InChI=1S/C10H17NO/c1-9(2)7-5-6-10(9,3)8(12)11(7)4/h7H,5-6H2,1-4H3. The Hall–Kier alpha value is -0.530. The molecule has 2 nitrogen and oxygen atoms in total. The lowest BCUT2D eigenvalue weighted by atomic mass is 9.70. The smallest absolute Gasteiger partial charge is 0.229 e. The number of hydrogen-bond donors (Lipinski definition) is 0. The van der Waals surface area contributed by atoms with E-state index in [1.165, 1.54) is 6.42 Å². The average Bonchev–Trinajstić information content (AvgIpc) is 2.26. The molecule has 1 aliphatic carbocycles. The second kappa shape index (κ2) is 1.86. The Labute approximate surface area is 73.9 Å². The lowest BCUT2D eigenvalue weighted by Crippen LogP contribution is -2.36. The van der Waals surface area contributed by atoms with Crippen molar-refractivity contribution in [3.8, 4) is 0 Å². The van der Waals surface area contributed by atoms with Gasteiger partial charge in [-0.2, -0.15) is 0 Å². The Morgan fingerprint density at radius 3 is 2.25 bits per heavy atom. The van der Waals surface area contributed by atoms with Crippen LogP contribution in [0.1, 0.15) is 33.6 Å². The Balaban J connectivity index is 2.50. The van der Waals surface area contributed by atoms with Gasteiger partial charge in [-0.1, -0.05) is 20.8 Å². The fraction of sp³-hybridized carbons (Fsp3) is 0.900. The summed E-state index contributed by atoms with van der Waals surface area (Å²) in [7, 11) is 1.94. The number of carbonyl (C=O) groups is 1. The van der Waals surface area contributed by atoms with E-state index in [1.54, 1.807) is 0 Å². The van der Waals surface area contributed by atoms with Gasteiger partial charge < -0.3 is 4.90 Å². The van der Waals surface area contributed by atoms with Crippen molar-refractivity contribution in [2.75, 3.05) is 7.05 Å². The highest BCUT2D eigenvalue weighted by molar-refractivity contribution is 5.87. The first-order valence-electron chi connectivity index (χ1n) is 4.68. The van der Waals surface area contributed by atoms with Gasteiger partial charge >= 0.3 is 0 Å². The van der Waals surface area contributed by atoms with E-state index in [9.17, 15) is 4.79 Å². The van der Waals surface area contributed by atoms with Crippen LogP contribution < -0.4 is 0 Å². The van der Waals surface area contributed by atoms with Crippen LogP contribution in [0.3, 0.4) is 0 Å². The van der Waals surface area contributed by atoms with E-state index in [1.807, 2.05) is 11.9 Å². The molecule has 0 aromatic rings. The normalized spacial score (nSPS) is 44.2. The molecule has 2 atom stereocenters. The first-order chi connectivity index (χ1) is 5.41. The Morgan fingerprint density at radius 2 is 2.00 bits per heavy atom. The molecule has 0 spiro atoms. The number of hydrogen-bond acceptors (Lipinski definition) is 1. The van der Waals surface area contributed by atoms with Gasteiger partial charge in [-0.3, -0.25) is 4.79 Å². The monoisotopic (exact) mass is 167 g/mol. The van der Waals surface area contributed by atoms with Crippen LogP contribution in [0.2, 0.25) is 0 Å². The van der Waals surface area contributed by atoms with E-state index in [-0.39, 0.29) is 10.8 Å². The van der Waals surface area contributed by atoms with Crippen molar-refractivity contribution in [1.82, 2.24) is 4.90 Å².